The first-order chi connectivity index (χ1) is 7.34. The number of hydrogen-bond donors (Lipinski definition) is 4. The summed E-state index contributed by atoms with van der Waals surface area (Å²) in [5.41, 5.74) is 10.4. The summed E-state index contributed by atoms with van der Waals surface area (Å²) < 4.78 is 11.3. The van der Waals surface area contributed by atoms with Crippen molar-refractivity contribution in [3.05, 3.63) is 0 Å². The van der Waals surface area contributed by atoms with Crippen molar-refractivity contribution in [2.24, 2.45) is 11.5 Å². The molecule has 0 fully saturated rings. The van der Waals surface area contributed by atoms with Gasteiger partial charge in [0.1, 0.15) is 12.1 Å². The van der Waals surface area contributed by atoms with Crippen LogP contribution in [0.25, 0.3) is 0 Å². The van der Waals surface area contributed by atoms with Crippen molar-refractivity contribution in [1.29, 1.82) is 0 Å². The molecule has 0 amide bonds. The fraction of sp³-hybridized carbons (Fsp3) is 0.750. The summed E-state index contributed by atoms with van der Waals surface area (Å²) in [6.07, 6.45) is 0.203. The predicted octanol–water partition coefficient (Wildman–Crippen LogP) is -1.66. The third kappa shape index (κ3) is 6.49. The second kappa shape index (κ2) is 7.31. The number of carboxylic acids is 2. The van der Waals surface area contributed by atoms with E-state index < -0.39 is 34.8 Å². The highest BCUT2D eigenvalue weighted by Gasteiger charge is 2.15. The maximum atomic E-state index is 11.3. The first kappa shape index (κ1) is 15.0. The summed E-state index contributed by atoms with van der Waals surface area (Å²) in [5.74, 6) is -2.00. The van der Waals surface area contributed by atoms with Crippen LogP contribution in [0.15, 0.2) is 0 Å². The highest BCUT2D eigenvalue weighted by molar-refractivity contribution is 7.84. The molecule has 0 radical (unpaired) electrons. The normalized spacial score (nSPS) is 16.4. The van der Waals surface area contributed by atoms with Crippen LogP contribution in [-0.2, 0) is 20.4 Å². The van der Waals surface area contributed by atoms with Gasteiger partial charge >= 0.3 is 11.9 Å². The number of carbonyl (C=O) groups is 2. The highest BCUT2D eigenvalue weighted by atomic mass is 32.2. The second-order valence-electron chi connectivity index (χ2n) is 3.31. The maximum Gasteiger partial charge on any atom is 0.320 e. The van der Waals surface area contributed by atoms with E-state index >= 15 is 0 Å². The molecule has 94 valence electrons. The van der Waals surface area contributed by atoms with Crippen LogP contribution >= 0.6 is 0 Å². The van der Waals surface area contributed by atoms with Crippen LogP contribution in [0.2, 0.25) is 0 Å². The number of nitrogens with two attached hydrogens (primary N) is 2. The number of carboxylic acid groups (broad SMARTS) is 2. The van der Waals surface area contributed by atoms with Gasteiger partial charge in [-0.2, -0.15) is 0 Å². The third-order valence-corrected chi connectivity index (χ3v) is 3.33. The van der Waals surface area contributed by atoms with Crippen LogP contribution in [0, 0.1) is 0 Å². The fourth-order valence-electron chi connectivity index (χ4n) is 0.866. The van der Waals surface area contributed by atoms with Gasteiger partial charge in [-0.15, -0.1) is 0 Å². The molecule has 0 aromatic rings. The van der Waals surface area contributed by atoms with Crippen molar-refractivity contribution in [1.82, 2.24) is 0 Å². The molecule has 2 unspecified atom stereocenters. The monoisotopic (exact) mass is 252 g/mol. The lowest BCUT2D eigenvalue weighted by Crippen LogP contribution is -2.33. The first-order valence-electron chi connectivity index (χ1n) is 4.66. The summed E-state index contributed by atoms with van der Waals surface area (Å²) in [4.78, 5) is 20.7. The van der Waals surface area contributed by atoms with Crippen LogP contribution in [0.3, 0.4) is 0 Å². The summed E-state index contributed by atoms with van der Waals surface area (Å²) in [6, 6.07) is -2.06. The predicted molar refractivity (Wildman–Crippen MR) is 58.3 cm³/mol. The SMILES string of the molecule is NC(CCS(=O)CCC(N)C(=O)O)C(=O)O. The Morgan fingerprint density at radius 1 is 1.00 bits per heavy atom. The standard InChI is InChI=1S/C8H16N2O5S/c9-5(7(11)12)1-3-16(15)4-2-6(10)8(13)14/h5-6H,1-4,9-10H2,(H,11,12)(H,13,14). The summed E-state index contributed by atoms with van der Waals surface area (Å²) in [7, 11) is -1.28. The minimum absolute atomic E-state index is 0.101. The molecule has 0 saturated carbocycles. The van der Waals surface area contributed by atoms with E-state index in [2.05, 4.69) is 0 Å². The Bertz CT molecular complexity index is 258. The summed E-state index contributed by atoms with van der Waals surface area (Å²) in [6.45, 7) is 0. The molecule has 7 nitrogen and oxygen atoms in total. The maximum absolute atomic E-state index is 11.3. The van der Waals surface area contributed by atoms with E-state index in [1.807, 2.05) is 0 Å². The van der Waals surface area contributed by atoms with E-state index in [4.69, 9.17) is 21.7 Å². The fourth-order valence-corrected chi connectivity index (χ4v) is 2.10. The van der Waals surface area contributed by atoms with Gasteiger partial charge in [0.15, 0.2) is 0 Å². The van der Waals surface area contributed by atoms with Crippen LogP contribution in [0.1, 0.15) is 12.8 Å². The van der Waals surface area contributed by atoms with Crippen LogP contribution in [-0.4, -0.2) is 49.9 Å². The van der Waals surface area contributed by atoms with Crippen LogP contribution < -0.4 is 11.5 Å². The van der Waals surface area contributed by atoms with Gasteiger partial charge in [-0.3, -0.25) is 13.8 Å². The van der Waals surface area contributed by atoms with E-state index in [1.54, 1.807) is 0 Å². The Morgan fingerprint density at radius 2 is 1.31 bits per heavy atom. The molecule has 0 saturated heterocycles. The van der Waals surface area contributed by atoms with Gasteiger partial charge in [0.05, 0.1) is 0 Å². The molecule has 16 heavy (non-hydrogen) atoms. The van der Waals surface area contributed by atoms with Gasteiger partial charge in [-0.05, 0) is 12.8 Å². The van der Waals surface area contributed by atoms with Crippen molar-refractivity contribution >= 4 is 22.7 Å². The topological polar surface area (TPSA) is 144 Å². The van der Waals surface area contributed by atoms with Crippen LogP contribution in [0.5, 0.6) is 0 Å². The molecule has 0 spiro atoms. The van der Waals surface area contributed by atoms with Gasteiger partial charge in [0.2, 0.25) is 0 Å². The molecule has 0 aliphatic rings. The summed E-state index contributed by atoms with van der Waals surface area (Å²) >= 11 is 0. The second-order valence-corrected chi connectivity index (χ2v) is 5.01. The molecule has 0 bridgehead atoms. The molecule has 0 aliphatic carbocycles. The lowest BCUT2D eigenvalue weighted by Gasteiger charge is -2.07. The Balaban J connectivity index is 3.75. The Morgan fingerprint density at radius 3 is 1.56 bits per heavy atom. The van der Waals surface area contributed by atoms with Crippen molar-refractivity contribution < 1.29 is 24.0 Å². The molecular weight excluding hydrogens is 236 g/mol. The molecule has 0 aromatic heterocycles. The minimum atomic E-state index is -1.28. The molecule has 2 atom stereocenters. The van der Waals surface area contributed by atoms with Crippen molar-refractivity contribution in [2.75, 3.05) is 11.5 Å². The van der Waals surface area contributed by atoms with Gasteiger partial charge in [0.25, 0.3) is 0 Å². The number of rotatable bonds is 8. The van der Waals surface area contributed by atoms with Crippen molar-refractivity contribution in [2.45, 2.75) is 24.9 Å². The van der Waals surface area contributed by atoms with Gasteiger partial charge in [0, 0.05) is 22.3 Å². The molecule has 8 heteroatoms. The Hall–Kier alpha value is -0.990. The smallest absolute Gasteiger partial charge is 0.320 e. The number of aliphatic carboxylic acids is 2. The molecule has 0 heterocycles. The minimum Gasteiger partial charge on any atom is -0.480 e. The van der Waals surface area contributed by atoms with Crippen LogP contribution in [0.4, 0.5) is 0 Å². The van der Waals surface area contributed by atoms with Crippen molar-refractivity contribution in [3.63, 3.8) is 0 Å². The molecule has 6 N–H and O–H groups in total. The Kier molecular flexibility index (Phi) is 6.86. The van der Waals surface area contributed by atoms with E-state index in [0.29, 0.717) is 0 Å². The molecule has 0 aromatic carbocycles. The highest BCUT2D eigenvalue weighted by Crippen LogP contribution is 1.97. The lowest BCUT2D eigenvalue weighted by atomic mass is 10.2. The van der Waals surface area contributed by atoms with E-state index in [-0.39, 0.29) is 24.3 Å². The molecule has 0 rings (SSSR count). The zero-order valence-corrected chi connectivity index (χ0v) is 9.48. The zero-order valence-electron chi connectivity index (χ0n) is 8.67. The van der Waals surface area contributed by atoms with Crippen molar-refractivity contribution in [3.8, 4) is 0 Å². The third-order valence-electron chi connectivity index (χ3n) is 1.95. The Labute approximate surface area is 95.3 Å². The number of hydrogen-bond acceptors (Lipinski definition) is 5. The quantitative estimate of drug-likeness (QED) is 0.404. The van der Waals surface area contributed by atoms with Gasteiger partial charge in [-0.25, -0.2) is 0 Å². The average Bonchev–Trinajstić information content (AvgIpc) is 2.21. The summed E-state index contributed by atoms with van der Waals surface area (Å²) in [5, 5.41) is 16.9. The molecular formula is C8H16N2O5S. The largest absolute Gasteiger partial charge is 0.480 e. The van der Waals surface area contributed by atoms with Gasteiger partial charge < -0.3 is 21.7 Å². The van der Waals surface area contributed by atoms with E-state index in [1.165, 1.54) is 0 Å². The van der Waals surface area contributed by atoms with Gasteiger partial charge in [-0.1, -0.05) is 0 Å². The van der Waals surface area contributed by atoms with E-state index in [0.717, 1.165) is 0 Å². The lowest BCUT2D eigenvalue weighted by molar-refractivity contribution is -0.139. The average molecular weight is 252 g/mol. The zero-order chi connectivity index (χ0) is 12.7. The first-order valence-corrected chi connectivity index (χ1v) is 6.15. The van der Waals surface area contributed by atoms with E-state index in [9.17, 15) is 13.8 Å². The molecule has 0 aliphatic heterocycles.